The van der Waals surface area contributed by atoms with Crippen molar-refractivity contribution < 1.29 is 4.39 Å². The van der Waals surface area contributed by atoms with E-state index in [4.69, 9.17) is 14.9 Å². The molecule has 8 rings (SSSR count). The third-order valence-corrected chi connectivity index (χ3v) is 11.7. The maximum Gasteiger partial charge on any atom is 0.234 e. The monoisotopic (exact) mass is 618 g/mol. The Balaban J connectivity index is 1.46. The van der Waals surface area contributed by atoms with Crippen molar-refractivity contribution in [1.82, 2.24) is 19.4 Å². The smallest absolute Gasteiger partial charge is 0.234 e. The zero-order valence-electron chi connectivity index (χ0n) is 24.6. The lowest BCUT2D eigenvalue weighted by atomic mass is 10.2. The second kappa shape index (κ2) is 11.6. The van der Waals surface area contributed by atoms with E-state index in [1.54, 1.807) is 16.8 Å². The second-order valence-corrected chi connectivity index (χ2v) is 13.9. The van der Waals surface area contributed by atoms with Crippen molar-refractivity contribution >= 4 is 56.8 Å². The van der Waals surface area contributed by atoms with Crippen molar-refractivity contribution in [3.8, 4) is 5.69 Å². The molecule has 46 heavy (non-hydrogen) atoms. The van der Waals surface area contributed by atoms with Gasteiger partial charge in [-0.25, -0.2) is 4.39 Å². The van der Waals surface area contributed by atoms with Crippen molar-refractivity contribution in [3.05, 3.63) is 170 Å². The van der Waals surface area contributed by atoms with Crippen molar-refractivity contribution in [2.45, 2.75) is 0 Å². The molecule has 0 saturated carbocycles. The van der Waals surface area contributed by atoms with Gasteiger partial charge in [0.05, 0.1) is 23.9 Å². The highest BCUT2D eigenvalue weighted by molar-refractivity contribution is 7.87. The van der Waals surface area contributed by atoms with Gasteiger partial charge in [0.1, 0.15) is 5.82 Å². The lowest BCUT2D eigenvalue weighted by Crippen LogP contribution is -2.25. The summed E-state index contributed by atoms with van der Waals surface area (Å²) in [6.07, 6.45) is 0. The number of para-hydroxylation sites is 1. The Morgan fingerprint density at radius 1 is 0.565 bits per heavy atom. The molecule has 0 unspecified atom stereocenters. The fourth-order valence-corrected chi connectivity index (χ4v) is 9.49. The Labute approximate surface area is 265 Å². The highest BCUT2D eigenvalue weighted by Crippen LogP contribution is 2.50. The highest BCUT2D eigenvalue weighted by Gasteiger charge is 2.29. The van der Waals surface area contributed by atoms with E-state index in [-0.39, 0.29) is 5.82 Å². The summed E-state index contributed by atoms with van der Waals surface area (Å²) < 4.78 is 23.4. The number of benzene rings is 6. The molecular weight excluding hydrogens is 590 g/mol. The van der Waals surface area contributed by atoms with Gasteiger partial charge >= 0.3 is 0 Å². The molecule has 1 N–H and O–H groups in total. The van der Waals surface area contributed by atoms with Crippen LogP contribution in [0.25, 0.3) is 22.2 Å². The number of halogens is 1. The van der Waals surface area contributed by atoms with Crippen LogP contribution in [0.1, 0.15) is 0 Å². The first-order valence-electron chi connectivity index (χ1n) is 15.0. The number of fused-ring (bicyclic) bond motifs is 3. The average Bonchev–Trinajstić information content (AvgIpc) is 3.65. The Morgan fingerprint density at radius 3 is 1.74 bits per heavy atom. The van der Waals surface area contributed by atoms with Crippen LogP contribution in [0.5, 0.6) is 0 Å². The Kier molecular flexibility index (Phi) is 7.01. The van der Waals surface area contributed by atoms with Crippen molar-refractivity contribution in [2.24, 2.45) is 4.74 Å². The Hall–Kier alpha value is -5.78. The van der Waals surface area contributed by atoms with E-state index in [2.05, 4.69) is 94.8 Å². The minimum Gasteiger partial charge on any atom is -0.324 e. The fraction of sp³-hybridized carbons (Fsp3) is 0. The van der Waals surface area contributed by atoms with E-state index in [0.29, 0.717) is 11.6 Å². The van der Waals surface area contributed by atoms with Gasteiger partial charge in [0.25, 0.3) is 0 Å². The van der Waals surface area contributed by atoms with E-state index < -0.39 is 7.05 Å². The molecule has 0 aliphatic rings. The van der Waals surface area contributed by atoms with E-state index in [1.807, 2.05) is 54.6 Å². The van der Waals surface area contributed by atoms with E-state index >= 15 is 0 Å². The lowest BCUT2D eigenvalue weighted by Gasteiger charge is -2.27. The van der Waals surface area contributed by atoms with E-state index in [0.717, 1.165) is 43.8 Å². The molecule has 0 spiro atoms. The number of aromatic nitrogens is 4. The third-order valence-electron chi connectivity index (χ3n) is 8.02. The summed E-state index contributed by atoms with van der Waals surface area (Å²) in [5.74, 6) is 0.229. The quantitative estimate of drug-likeness (QED) is 0.183. The SMILES string of the molecule is Fc1ccc(Nc2nn3nc4ccccc4c3n2-c2ccccc2N=P(c2ccccc2)(c2ccccc2)c2ccccc2)cc1. The van der Waals surface area contributed by atoms with Gasteiger partial charge in [-0.2, -0.15) is 0 Å². The van der Waals surface area contributed by atoms with Gasteiger partial charge < -0.3 is 5.32 Å². The summed E-state index contributed by atoms with van der Waals surface area (Å²) in [5.41, 5.74) is 3.98. The molecule has 0 aliphatic heterocycles. The molecule has 0 fully saturated rings. The molecule has 6 nitrogen and oxygen atoms in total. The van der Waals surface area contributed by atoms with E-state index in [9.17, 15) is 4.39 Å². The van der Waals surface area contributed by atoms with Gasteiger partial charge in [0, 0.05) is 27.0 Å². The van der Waals surface area contributed by atoms with Crippen LogP contribution in [-0.4, -0.2) is 19.4 Å². The molecule has 8 aromatic rings. The first kappa shape index (κ1) is 27.7. The van der Waals surface area contributed by atoms with Crippen LogP contribution in [0, 0.1) is 5.82 Å². The molecule has 2 aromatic heterocycles. The molecule has 0 saturated heterocycles. The summed E-state index contributed by atoms with van der Waals surface area (Å²) >= 11 is 0. The molecule has 0 radical (unpaired) electrons. The highest BCUT2D eigenvalue weighted by atomic mass is 31.2. The van der Waals surface area contributed by atoms with Crippen LogP contribution in [-0.2, 0) is 0 Å². The second-order valence-electron chi connectivity index (χ2n) is 10.9. The number of nitrogens with zero attached hydrogens (tertiary/aromatic N) is 5. The number of rotatable bonds is 7. The topological polar surface area (TPSA) is 59.5 Å². The minimum atomic E-state index is -2.58. The largest absolute Gasteiger partial charge is 0.324 e. The number of hydrogen-bond acceptors (Lipinski definition) is 4. The van der Waals surface area contributed by atoms with Gasteiger partial charge in [-0.15, -0.1) is 14.8 Å². The summed E-state index contributed by atoms with van der Waals surface area (Å²) in [5, 5.41) is 17.5. The molecule has 0 aliphatic carbocycles. The fourth-order valence-electron chi connectivity index (χ4n) is 5.94. The zero-order valence-corrected chi connectivity index (χ0v) is 25.5. The molecule has 0 amide bonds. The maximum absolute atomic E-state index is 13.8. The van der Waals surface area contributed by atoms with Crippen LogP contribution in [0.15, 0.2) is 169 Å². The van der Waals surface area contributed by atoms with Crippen LogP contribution in [0.3, 0.4) is 0 Å². The van der Waals surface area contributed by atoms with Crippen molar-refractivity contribution in [1.29, 1.82) is 0 Å². The number of hydrogen-bond donors (Lipinski definition) is 1. The standard InChI is InChI=1S/C38H28FN6P/c39-28-24-26-29(27-25-28)40-38-42-45-37(33-20-10-11-21-34(33)41-45)44(38)36-23-13-12-22-35(36)43-46(30-14-4-1-5-15-30,31-16-6-2-7-17-31)32-18-8-3-9-19-32/h1-27H,(H,40,42). The van der Waals surface area contributed by atoms with Gasteiger partial charge in [-0.05, 0) is 48.5 Å². The first-order valence-corrected chi connectivity index (χ1v) is 16.7. The average molecular weight is 619 g/mol. The molecule has 0 atom stereocenters. The lowest BCUT2D eigenvalue weighted by molar-refractivity contribution is 0.628. The predicted octanol–water partition coefficient (Wildman–Crippen LogP) is 8.37. The molecule has 2 heterocycles. The third kappa shape index (κ3) is 4.78. The zero-order chi connectivity index (χ0) is 30.9. The van der Waals surface area contributed by atoms with Crippen LogP contribution in [0.4, 0.5) is 21.7 Å². The van der Waals surface area contributed by atoms with Crippen LogP contribution >= 0.6 is 7.05 Å². The van der Waals surface area contributed by atoms with Gasteiger partial charge in [0.2, 0.25) is 5.95 Å². The Bertz CT molecular complexity index is 2250. The normalized spacial score (nSPS) is 11.6. The van der Waals surface area contributed by atoms with Crippen LogP contribution in [0.2, 0.25) is 0 Å². The molecule has 222 valence electrons. The van der Waals surface area contributed by atoms with Crippen molar-refractivity contribution in [2.75, 3.05) is 5.32 Å². The summed E-state index contributed by atoms with van der Waals surface area (Å²) in [6, 6.07) is 54.1. The maximum atomic E-state index is 13.8. The molecular formula is C38H28FN6P. The number of anilines is 2. The molecule has 8 heteroatoms. The molecule has 6 aromatic carbocycles. The summed E-state index contributed by atoms with van der Waals surface area (Å²) in [4.78, 5) is 0. The number of nitrogens with one attached hydrogen (secondary N) is 1. The molecule has 0 bridgehead atoms. The van der Waals surface area contributed by atoms with Crippen molar-refractivity contribution in [3.63, 3.8) is 0 Å². The van der Waals surface area contributed by atoms with Gasteiger partial charge in [-0.3, -0.25) is 9.31 Å². The Morgan fingerprint density at radius 2 is 1.11 bits per heavy atom. The van der Waals surface area contributed by atoms with Gasteiger partial charge in [-0.1, -0.05) is 115 Å². The summed E-state index contributed by atoms with van der Waals surface area (Å²) in [6.45, 7) is 0. The van der Waals surface area contributed by atoms with E-state index in [1.165, 1.54) is 12.1 Å². The van der Waals surface area contributed by atoms with Gasteiger partial charge in [0.15, 0.2) is 5.65 Å². The predicted molar refractivity (Wildman–Crippen MR) is 187 cm³/mol. The minimum absolute atomic E-state index is 0.304. The summed E-state index contributed by atoms with van der Waals surface area (Å²) in [7, 11) is -2.58. The first-order chi connectivity index (χ1) is 22.7. The van der Waals surface area contributed by atoms with Crippen LogP contribution < -0.4 is 21.2 Å².